The Morgan fingerprint density at radius 3 is 2.60 bits per heavy atom. The molecular formula is C14H25N. The minimum absolute atomic E-state index is 0.719. The van der Waals surface area contributed by atoms with Crippen LogP contribution < -0.4 is 5.32 Å². The highest BCUT2D eigenvalue weighted by Gasteiger charge is 2.21. The van der Waals surface area contributed by atoms with Crippen molar-refractivity contribution in [3.05, 3.63) is 0 Å². The molecule has 0 aromatic rings. The maximum atomic E-state index is 3.64. The van der Waals surface area contributed by atoms with Crippen LogP contribution in [-0.2, 0) is 0 Å². The van der Waals surface area contributed by atoms with Gasteiger partial charge in [0.25, 0.3) is 0 Å². The van der Waals surface area contributed by atoms with Crippen molar-refractivity contribution in [1.29, 1.82) is 0 Å². The summed E-state index contributed by atoms with van der Waals surface area (Å²) in [5, 5.41) is 3.64. The molecule has 1 unspecified atom stereocenters. The largest absolute Gasteiger partial charge is 0.314 e. The Labute approximate surface area is 95.0 Å². The molecule has 1 rings (SSSR count). The highest BCUT2D eigenvalue weighted by atomic mass is 14.9. The first-order valence-corrected chi connectivity index (χ1v) is 6.51. The van der Waals surface area contributed by atoms with Gasteiger partial charge in [-0.05, 0) is 38.6 Å². The van der Waals surface area contributed by atoms with Gasteiger partial charge in [-0.1, -0.05) is 26.2 Å². The average Bonchev–Trinajstić information content (AvgIpc) is 2.29. The Kier molecular flexibility index (Phi) is 6.52. The monoisotopic (exact) mass is 207 g/mol. The third kappa shape index (κ3) is 4.71. The quantitative estimate of drug-likeness (QED) is 0.682. The number of hydrogen-bond donors (Lipinski definition) is 1. The first-order valence-electron chi connectivity index (χ1n) is 6.51. The summed E-state index contributed by atoms with van der Waals surface area (Å²) in [6.45, 7) is 5.24. The Hall–Kier alpha value is -0.480. The van der Waals surface area contributed by atoms with Crippen LogP contribution >= 0.6 is 0 Å². The van der Waals surface area contributed by atoms with Crippen LogP contribution in [0.5, 0.6) is 0 Å². The lowest BCUT2D eigenvalue weighted by Crippen LogP contribution is -2.37. The van der Waals surface area contributed by atoms with E-state index >= 15 is 0 Å². The summed E-state index contributed by atoms with van der Waals surface area (Å²) >= 11 is 0. The van der Waals surface area contributed by atoms with Crippen molar-refractivity contribution >= 4 is 0 Å². The number of hydrogen-bond acceptors (Lipinski definition) is 1. The van der Waals surface area contributed by atoms with Crippen molar-refractivity contribution in [3.63, 3.8) is 0 Å². The topological polar surface area (TPSA) is 12.0 Å². The molecule has 1 aliphatic rings. The first kappa shape index (κ1) is 12.6. The number of nitrogens with one attached hydrogen (secondary N) is 1. The second kappa shape index (κ2) is 7.77. The minimum Gasteiger partial charge on any atom is -0.314 e. The first-order chi connectivity index (χ1) is 7.38. The van der Waals surface area contributed by atoms with Crippen LogP contribution in [0, 0.1) is 17.8 Å². The van der Waals surface area contributed by atoms with Gasteiger partial charge in [0.2, 0.25) is 0 Å². The summed E-state index contributed by atoms with van der Waals surface area (Å²) in [6.07, 6.45) is 9.47. The molecule has 0 amide bonds. The van der Waals surface area contributed by atoms with Crippen LogP contribution in [-0.4, -0.2) is 12.6 Å². The van der Waals surface area contributed by atoms with E-state index in [1.54, 1.807) is 0 Å². The van der Waals surface area contributed by atoms with E-state index < -0.39 is 0 Å². The normalized spacial score (nSPS) is 19.3. The van der Waals surface area contributed by atoms with Crippen molar-refractivity contribution in [3.8, 4) is 11.8 Å². The van der Waals surface area contributed by atoms with Crippen LogP contribution in [0.15, 0.2) is 0 Å². The molecule has 0 saturated heterocycles. The predicted octanol–water partition coefficient (Wildman–Crippen LogP) is 3.35. The molecule has 1 atom stereocenters. The molecule has 0 heterocycles. The van der Waals surface area contributed by atoms with Gasteiger partial charge in [0.15, 0.2) is 0 Å². The van der Waals surface area contributed by atoms with Crippen LogP contribution in [0.25, 0.3) is 0 Å². The fraction of sp³-hybridized carbons (Fsp3) is 0.857. The summed E-state index contributed by atoms with van der Waals surface area (Å²) in [5.41, 5.74) is 0. The van der Waals surface area contributed by atoms with E-state index in [1.165, 1.54) is 38.5 Å². The summed E-state index contributed by atoms with van der Waals surface area (Å²) in [6, 6.07) is 0.719. The van der Waals surface area contributed by atoms with Crippen LogP contribution in [0.2, 0.25) is 0 Å². The number of rotatable bonds is 5. The van der Waals surface area contributed by atoms with Crippen molar-refractivity contribution in [1.82, 2.24) is 5.32 Å². The van der Waals surface area contributed by atoms with Gasteiger partial charge in [-0.2, -0.15) is 0 Å². The van der Waals surface area contributed by atoms with Crippen molar-refractivity contribution in [2.75, 3.05) is 6.54 Å². The molecule has 0 bridgehead atoms. The third-order valence-corrected chi connectivity index (χ3v) is 3.44. The van der Waals surface area contributed by atoms with Gasteiger partial charge in [0.05, 0.1) is 0 Å². The molecule has 0 radical (unpaired) electrons. The molecular weight excluding hydrogens is 182 g/mol. The van der Waals surface area contributed by atoms with E-state index in [0.29, 0.717) is 0 Å². The fourth-order valence-corrected chi connectivity index (χ4v) is 2.66. The van der Waals surface area contributed by atoms with E-state index in [1.807, 2.05) is 6.92 Å². The molecule has 0 spiro atoms. The summed E-state index contributed by atoms with van der Waals surface area (Å²) in [7, 11) is 0. The minimum atomic E-state index is 0.719. The van der Waals surface area contributed by atoms with Gasteiger partial charge in [0, 0.05) is 12.5 Å². The van der Waals surface area contributed by atoms with Gasteiger partial charge >= 0.3 is 0 Å². The Bertz CT molecular complexity index is 205. The molecule has 0 aromatic heterocycles. The van der Waals surface area contributed by atoms with Crippen LogP contribution in [0.3, 0.4) is 0 Å². The maximum Gasteiger partial charge on any atom is 0.0104 e. The lowest BCUT2D eigenvalue weighted by Gasteiger charge is -2.30. The summed E-state index contributed by atoms with van der Waals surface area (Å²) < 4.78 is 0. The predicted molar refractivity (Wildman–Crippen MR) is 66.7 cm³/mol. The van der Waals surface area contributed by atoms with Gasteiger partial charge in [-0.3, -0.25) is 0 Å². The van der Waals surface area contributed by atoms with E-state index in [0.717, 1.165) is 24.9 Å². The van der Waals surface area contributed by atoms with Crippen LogP contribution in [0.1, 0.15) is 58.8 Å². The van der Waals surface area contributed by atoms with Gasteiger partial charge in [-0.15, -0.1) is 11.8 Å². The second-order valence-electron chi connectivity index (χ2n) is 4.53. The molecule has 1 saturated carbocycles. The second-order valence-corrected chi connectivity index (χ2v) is 4.53. The zero-order valence-corrected chi connectivity index (χ0v) is 10.3. The maximum absolute atomic E-state index is 3.64. The van der Waals surface area contributed by atoms with E-state index in [4.69, 9.17) is 0 Å². The van der Waals surface area contributed by atoms with E-state index in [-0.39, 0.29) is 0 Å². The lowest BCUT2D eigenvalue weighted by atomic mass is 9.82. The lowest BCUT2D eigenvalue weighted by molar-refractivity contribution is 0.262. The average molecular weight is 207 g/mol. The summed E-state index contributed by atoms with van der Waals surface area (Å²) in [5.74, 6) is 7.09. The molecule has 15 heavy (non-hydrogen) atoms. The Morgan fingerprint density at radius 1 is 1.27 bits per heavy atom. The van der Waals surface area contributed by atoms with Gasteiger partial charge in [0.1, 0.15) is 0 Å². The third-order valence-electron chi connectivity index (χ3n) is 3.44. The highest BCUT2D eigenvalue weighted by Crippen LogP contribution is 2.28. The van der Waals surface area contributed by atoms with Crippen molar-refractivity contribution in [2.24, 2.45) is 5.92 Å². The Morgan fingerprint density at radius 2 is 2.00 bits per heavy atom. The molecule has 86 valence electrons. The molecule has 1 nitrogen and oxygen atoms in total. The van der Waals surface area contributed by atoms with Gasteiger partial charge < -0.3 is 5.32 Å². The standard InChI is InChI=1S/C14H25N/c1-3-5-7-12-14(15-4-2)13-10-8-6-9-11-13/h13-15H,4,6-12H2,1-2H3. The smallest absolute Gasteiger partial charge is 0.0104 e. The molecule has 0 aromatic carbocycles. The van der Waals surface area contributed by atoms with E-state index in [2.05, 4.69) is 24.1 Å². The SMILES string of the molecule is CC#CCCC(NCC)C1CCCCC1. The van der Waals surface area contributed by atoms with Gasteiger partial charge in [-0.25, -0.2) is 0 Å². The van der Waals surface area contributed by atoms with Crippen molar-refractivity contribution < 1.29 is 0 Å². The molecule has 1 fully saturated rings. The molecule has 1 aliphatic carbocycles. The van der Waals surface area contributed by atoms with Crippen molar-refractivity contribution in [2.45, 2.75) is 64.8 Å². The summed E-state index contributed by atoms with van der Waals surface area (Å²) in [4.78, 5) is 0. The zero-order valence-electron chi connectivity index (χ0n) is 10.3. The highest BCUT2D eigenvalue weighted by molar-refractivity contribution is 4.96. The zero-order chi connectivity index (χ0) is 10.9. The van der Waals surface area contributed by atoms with Crippen LogP contribution in [0.4, 0.5) is 0 Å². The molecule has 0 aliphatic heterocycles. The molecule has 1 heteroatoms. The fourth-order valence-electron chi connectivity index (χ4n) is 2.66. The molecule has 1 N–H and O–H groups in total. The Balaban J connectivity index is 2.35. The van der Waals surface area contributed by atoms with E-state index in [9.17, 15) is 0 Å².